The average Bonchev–Trinajstić information content (AvgIpc) is 2.66. The monoisotopic (exact) mass is 233 g/mol. The number of aryl methyl sites for hydroxylation is 1. The number of nitrogens with zero attached hydrogens (tertiary/aromatic N) is 2. The number of hydrogen-bond donors (Lipinski definition) is 1. The standard InChI is InChI=1S/C12H15N3S/c1-3-13-12-14-11(15-16-12)8-10-6-4-5-9(2)7-10/h4-7H,3,8H2,1-2H3,(H,13,14,15). The number of rotatable bonds is 4. The molecule has 0 atom stereocenters. The van der Waals surface area contributed by atoms with E-state index in [9.17, 15) is 0 Å². The smallest absolute Gasteiger partial charge is 0.202 e. The minimum atomic E-state index is 0.809. The lowest BCUT2D eigenvalue weighted by Crippen LogP contribution is -1.96. The van der Waals surface area contributed by atoms with E-state index < -0.39 is 0 Å². The second-order valence-electron chi connectivity index (χ2n) is 3.71. The van der Waals surface area contributed by atoms with Crippen LogP contribution in [0.25, 0.3) is 0 Å². The lowest BCUT2D eigenvalue weighted by Gasteiger charge is -1.98. The van der Waals surface area contributed by atoms with Gasteiger partial charge in [0.2, 0.25) is 5.13 Å². The second-order valence-corrected chi connectivity index (χ2v) is 4.46. The first-order valence-electron chi connectivity index (χ1n) is 5.40. The summed E-state index contributed by atoms with van der Waals surface area (Å²) in [6.07, 6.45) is 0.809. The zero-order valence-corrected chi connectivity index (χ0v) is 10.3. The Bertz CT molecular complexity index is 465. The molecule has 1 aromatic carbocycles. The molecule has 4 heteroatoms. The Labute approximate surface area is 99.7 Å². The van der Waals surface area contributed by atoms with E-state index in [1.165, 1.54) is 22.7 Å². The maximum Gasteiger partial charge on any atom is 0.202 e. The summed E-state index contributed by atoms with van der Waals surface area (Å²) in [7, 11) is 0. The van der Waals surface area contributed by atoms with Crippen LogP contribution in [0.4, 0.5) is 5.13 Å². The third kappa shape index (κ3) is 2.79. The molecule has 0 bridgehead atoms. The molecular formula is C12H15N3S. The maximum atomic E-state index is 4.42. The third-order valence-corrected chi connectivity index (χ3v) is 2.95. The molecule has 2 aromatic rings. The number of nitrogens with one attached hydrogen (secondary N) is 1. The van der Waals surface area contributed by atoms with Crippen molar-refractivity contribution in [3.8, 4) is 0 Å². The van der Waals surface area contributed by atoms with Crippen molar-refractivity contribution in [3.05, 3.63) is 41.2 Å². The lowest BCUT2D eigenvalue weighted by atomic mass is 10.1. The molecular weight excluding hydrogens is 218 g/mol. The van der Waals surface area contributed by atoms with E-state index in [1.54, 1.807) is 0 Å². The Kier molecular flexibility index (Phi) is 3.51. The Morgan fingerprint density at radius 1 is 1.38 bits per heavy atom. The molecule has 0 aliphatic heterocycles. The van der Waals surface area contributed by atoms with Gasteiger partial charge in [-0.3, -0.25) is 0 Å². The fourth-order valence-electron chi connectivity index (χ4n) is 1.55. The van der Waals surface area contributed by atoms with Gasteiger partial charge in [0.25, 0.3) is 0 Å². The number of anilines is 1. The molecule has 1 N–H and O–H groups in total. The summed E-state index contributed by atoms with van der Waals surface area (Å²) < 4.78 is 4.33. The van der Waals surface area contributed by atoms with Gasteiger partial charge in [0.05, 0.1) is 0 Å². The van der Waals surface area contributed by atoms with Crippen molar-refractivity contribution < 1.29 is 0 Å². The van der Waals surface area contributed by atoms with Crippen molar-refractivity contribution in [3.63, 3.8) is 0 Å². The van der Waals surface area contributed by atoms with Gasteiger partial charge < -0.3 is 5.32 Å². The summed E-state index contributed by atoms with van der Waals surface area (Å²) in [5.74, 6) is 0.895. The normalized spacial score (nSPS) is 10.4. The molecule has 0 amide bonds. The highest BCUT2D eigenvalue weighted by atomic mass is 32.1. The predicted molar refractivity (Wildman–Crippen MR) is 68.1 cm³/mol. The Morgan fingerprint density at radius 3 is 3.00 bits per heavy atom. The predicted octanol–water partition coefficient (Wildman–Crippen LogP) is 2.87. The largest absolute Gasteiger partial charge is 0.361 e. The fourth-order valence-corrected chi connectivity index (χ4v) is 2.21. The van der Waals surface area contributed by atoms with Crippen molar-refractivity contribution >= 4 is 16.7 Å². The molecule has 3 nitrogen and oxygen atoms in total. The van der Waals surface area contributed by atoms with Crippen molar-refractivity contribution in [2.75, 3.05) is 11.9 Å². The van der Waals surface area contributed by atoms with E-state index in [4.69, 9.17) is 0 Å². The maximum absolute atomic E-state index is 4.42. The Morgan fingerprint density at radius 2 is 2.25 bits per heavy atom. The zero-order valence-electron chi connectivity index (χ0n) is 9.53. The van der Waals surface area contributed by atoms with Gasteiger partial charge in [-0.2, -0.15) is 4.37 Å². The molecule has 0 unspecified atom stereocenters. The second kappa shape index (κ2) is 5.07. The summed E-state index contributed by atoms with van der Waals surface area (Å²) in [6.45, 7) is 5.04. The van der Waals surface area contributed by atoms with Gasteiger partial charge in [-0.25, -0.2) is 4.98 Å². The molecule has 0 spiro atoms. The van der Waals surface area contributed by atoms with Crippen LogP contribution in [-0.4, -0.2) is 15.9 Å². The van der Waals surface area contributed by atoms with Crippen molar-refractivity contribution in [2.45, 2.75) is 20.3 Å². The first-order valence-corrected chi connectivity index (χ1v) is 6.17. The summed E-state index contributed by atoms with van der Waals surface area (Å²) in [5, 5.41) is 4.08. The topological polar surface area (TPSA) is 37.8 Å². The van der Waals surface area contributed by atoms with Gasteiger partial charge in [0, 0.05) is 24.5 Å². The van der Waals surface area contributed by atoms with Crippen LogP contribution < -0.4 is 5.32 Å². The molecule has 0 saturated heterocycles. The molecule has 0 aliphatic rings. The molecule has 1 heterocycles. The first-order chi connectivity index (χ1) is 7.78. The Hall–Kier alpha value is -1.42. The van der Waals surface area contributed by atoms with Crippen LogP contribution in [0.1, 0.15) is 23.9 Å². The SMILES string of the molecule is CCNc1nc(Cc2cccc(C)c2)ns1. The molecule has 0 radical (unpaired) electrons. The summed E-state index contributed by atoms with van der Waals surface area (Å²) in [4.78, 5) is 4.42. The van der Waals surface area contributed by atoms with E-state index in [0.717, 1.165) is 23.9 Å². The van der Waals surface area contributed by atoms with Gasteiger partial charge in [0.15, 0.2) is 0 Å². The van der Waals surface area contributed by atoms with Crippen LogP contribution in [-0.2, 0) is 6.42 Å². The van der Waals surface area contributed by atoms with Gasteiger partial charge in [-0.15, -0.1) is 0 Å². The van der Waals surface area contributed by atoms with E-state index in [-0.39, 0.29) is 0 Å². The lowest BCUT2D eigenvalue weighted by molar-refractivity contribution is 1.03. The molecule has 0 saturated carbocycles. The summed E-state index contributed by atoms with van der Waals surface area (Å²) in [6, 6.07) is 8.46. The van der Waals surface area contributed by atoms with Crippen LogP contribution in [0.2, 0.25) is 0 Å². The number of hydrogen-bond acceptors (Lipinski definition) is 4. The molecule has 1 aromatic heterocycles. The summed E-state index contributed by atoms with van der Waals surface area (Å²) >= 11 is 1.43. The van der Waals surface area contributed by atoms with Crippen LogP contribution in [0.3, 0.4) is 0 Å². The highest BCUT2D eigenvalue weighted by Crippen LogP contribution is 2.14. The van der Waals surface area contributed by atoms with Crippen molar-refractivity contribution in [1.82, 2.24) is 9.36 Å². The quantitative estimate of drug-likeness (QED) is 0.882. The minimum Gasteiger partial charge on any atom is -0.361 e. The first kappa shape index (κ1) is 11.1. The van der Waals surface area contributed by atoms with Crippen molar-refractivity contribution in [1.29, 1.82) is 0 Å². The zero-order chi connectivity index (χ0) is 11.4. The fraction of sp³-hybridized carbons (Fsp3) is 0.333. The highest BCUT2D eigenvalue weighted by Gasteiger charge is 2.04. The minimum absolute atomic E-state index is 0.809. The molecule has 84 valence electrons. The van der Waals surface area contributed by atoms with Gasteiger partial charge >= 0.3 is 0 Å². The molecule has 16 heavy (non-hydrogen) atoms. The van der Waals surface area contributed by atoms with Gasteiger partial charge in [0.1, 0.15) is 5.82 Å². The highest BCUT2D eigenvalue weighted by molar-refractivity contribution is 7.09. The van der Waals surface area contributed by atoms with Crippen molar-refractivity contribution in [2.24, 2.45) is 0 Å². The van der Waals surface area contributed by atoms with Gasteiger partial charge in [-0.05, 0) is 19.4 Å². The number of aromatic nitrogens is 2. The van der Waals surface area contributed by atoms with E-state index in [0.29, 0.717) is 0 Å². The molecule has 2 rings (SSSR count). The van der Waals surface area contributed by atoms with E-state index in [2.05, 4.69) is 52.8 Å². The van der Waals surface area contributed by atoms with Crippen LogP contribution >= 0.6 is 11.5 Å². The van der Waals surface area contributed by atoms with Crippen LogP contribution in [0, 0.1) is 6.92 Å². The van der Waals surface area contributed by atoms with Crippen LogP contribution in [0.15, 0.2) is 24.3 Å². The Balaban J connectivity index is 2.08. The number of benzene rings is 1. The summed E-state index contributed by atoms with van der Waals surface area (Å²) in [5.41, 5.74) is 2.54. The average molecular weight is 233 g/mol. The third-order valence-electron chi connectivity index (χ3n) is 2.24. The van der Waals surface area contributed by atoms with E-state index >= 15 is 0 Å². The van der Waals surface area contributed by atoms with Gasteiger partial charge in [-0.1, -0.05) is 29.8 Å². The van der Waals surface area contributed by atoms with Crippen LogP contribution in [0.5, 0.6) is 0 Å². The molecule has 0 aliphatic carbocycles. The molecule has 0 fully saturated rings. The van der Waals surface area contributed by atoms with E-state index in [1.807, 2.05) is 0 Å².